The third kappa shape index (κ3) is 3.70. The highest BCUT2D eigenvalue weighted by atomic mass is 19.1. The van der Waals surface area contributed by atoms with Gasteiger partial charge in [-0.3, -0.25) is 9.78 Å². The first-order valence-corrected chi connectivity index (χ1v) is 9.76. The van der Waals surface area contributed by atoms with Gasteiger partial charge in [0, 0.05) is 31.2 Å². The van der Waals surface area contributed by atoms with Crippen LogP contribution in [0.4, 0.5) is 4.39 Å². The van der Waals surface area contributed by atoms with Crippen LogP contribution in [0.15, 0.2) is 48.8 Å². The van der Waals surface area contributed by atoms with Gasteiger partial charge in [-0.1, -0.05) is 18.2 Å². The Morgan fingerprint density at radius 2 is 1.93 bits per heavy atom. The highest BCUT2D eigenvalue weighted by molar-refractivity contribution is 5.95. The van der Waals surface area contributed by atoms with Crippen LogP contribution >= 0.6 is 0 Å². The Kier molecular flexibility index (Phi) is 5.24. The van der Waals surface area contributed by atoms with Crippen molar-refractivity contribution in [2.45, 2.75) is 45.7 Å². The van der Waals surface area contributed by atoms with E-state index in [2.05, 4.69) is 14.9 Å². The molecule has 0 atom stereocenters. The average molecular weight is 377 g/mol. The summed E-state index contributed by atoms with van der Waals surface area (Å²) in [5, 5.41) is 3.04. The van der Waals surface area contributed by atoms with Crippen LogP contribution in [0.25, 0.3) is 0 Å². The molecule has 1 amide bonds. The molecule has 2 aromatic heterocycles. The molecule has 1 aliphatic carbocycles. The standard InChI is InChI=1S/C23H24FN3O/c1-16-20-6-2-3-7-21(20)27(15-17-8-10-19(24)11-9-17)22(16)23(28)26-14-18-5-4-12-25-13-18/h4-5,8-13H,2-3,6-7,14-15H2,1H3,(H,26,28). The fraction of sp³-hybridized carbons (Fsp3) is 0.304. The van der Waals surface area contributed by atoms with Crippen molar-refractivity contribution < 1.29 is 9.18 Å². The van der Waals surface area contributed by atoms with Gasteiger partial charge in [0.2, 0.25) is 0 Å². The Bertz CT molecular complexity index is 977. The third-order valence-corrected chi connectivity index (χ3v) is 5.49. The lowest BCUT2D eigenvalue weighted by molar-refractivity contribution is 0.0941. The van der Waals surface area contributed by atoms with E-state index in [-0.39, 0.29) is 11.7 Å². The molecule has 0 saturated heterocycles. The lowest BCUT2D eigenvalue weighted by Gasteiger charge is -2.17. The zero-order chi connectivity index (χ0) is 19.5. The van der Waals surface area contributed by atoms with Crippen molar-refractivity contribution in [1.82, 2.24) is 14.9 Å². The number of halogens is 1. The summed E-state index contributed by atoms with van der Waals surface area (Å²) in [7, 11) is 0. The number of carbonyl (C=O) groups is 1. The van der Waals surface area contributed by atoms with Crippen molar-refractivity contribution in [3.8, 4) is 0 Å². The van der Waals surface area contributed by atoms with E-state index in [1.165, 1.54) is 23.4 Å². The lowest BCUT2D eigenvalue weighted by atomic mass is 9.95. The molecule has 1 N–H and O–H groups in total. The molecule has 5 heteroatoms. The van der Waals surface area contributed by atoms with Crippen molar-refractivity contribution >= 4 is 5.91 Å². The summed E-state index contributed by atoms with van der Waals surface area (Å²) >= 11 is 0. The van der Waals surface area contributed by atoms with Crippen LogP contribution in [0.5, 0.6) is 0 Å². The summed E-state index contributed by atoms with van der Waals surface area (Å²) in [6.07, 6.45) is 7.77. The highest BCUT2D eigenvalue weighted by Gasteiger charge is 2.26. The number of nitrogens with one attached hydrogen (secondary N) is 1. The molecule has 0 bridgehead atoms. The number of benzene rings is 1. The molecule has 0 fully saturated rings. The minimum atomic E-state index is -0.246. The number of aromatic nitrogens is 2. The number of carbonyl (C=O) groups excluding carboxylic acids is 1. The van der Waals surface area contributed by atoms with Crippen molar-refractivity contribution in [2.24, 2.45) is 0 Å². The second-order valence-electron chi connectivity index (χ2n) is 7.36. The first-order valence-electron chi connectivity index (χ1n) is 9.76. The first kappa shape index (κ1) is 18.4. The smallest absolute Gasteiger partial charge is 0.268 e. The van der Waals surface area contributed by atoms with E-state index in [0.29, 0.717) is 13.1 Å². The predicted molar refractivity (Wildman–Crippen MR) is 107 cm³/mol. The zero-order valence-corrected chi connectivity index (χ0v) is 16.0. The summed E-state index contributed by atoms with van der Waals surface area (Å²) in [6, 6.07) is 10.3. The van der Waals surface area contributed by atoms with E-state index in [9.17, 15) is 9.18 Å². The fourth-order valence-corrected chi connectivity index (χ4v) is 4.08. The van der Waals surface area contributed by atoms with Gasteiger partial charge in [-0.15, -0.1) is 0 Å². The minimum Gasteiger partial charge on any atom is -0.347 e. The SMILES string of the molecule is Cc1c2c(n(Cc3ccc(F)cc3)c1C(=O)NCc1cccnc1)CCCC2. The van der Waals surface area contributed by atoms with Crippen LogP contribution in [0.3, 0.4) is 0 Å². The van der Waals surface area contributed by atoms with Crippen LogP contribution in [0, 0.1) is 12.7 Å². The molecule has 3 aromatic rings. The van der Waals surface area contributed by atoms with E-state index in [4.69, 9.17) is 0 Å². The second kappa shape index (κ2) is 7.97. The zero-order valence-electron chi connectivity index (χ0n) is 16.0. The highest BCUT2D eigenvalue weighted by Crippen LogP contribution is 2.30. The van der Waals surface area contributed by atoms with Gasteiger partial charge >= 0.3 is 0 Å². The number of hydrogen-bond acceptors (Lipinski definition) is 2. The van der Waals surface area contributed by atoms with Gasteiger partial charge in [0.05, 0.1) is 0 Å². The number of rotatable bonds is 5. The van der Waals surface area contributed by atoms with Gasteiger partial charge in [-0.2, -0.15) is 0 Å². The van der Waals surface area contributed by atoms with Crippen LogP contribution < -0.4 is 5.32 Å². The summed E-state index contributed by atoms with van der Waals surface area (Å²) in [6.45, 7) is 3.06. The van der Waals surface area contributed by atoms with E-state index >= 15 is 0 Å². The quantitative estimate of drug-likeness (QED) is 0.725. The van der Waals surface area contributed by atoms with Gasteiger partial charge in [-0.25, -0.2) is 4.39 Å². The molecule has 0 spiro atoms. The third-order valence-electron chi connectivity index (χ3n) is 5.49. The molecule has 0 saturated carbocycles. The van der Waals surface area contributed by atoms with Crippen LogP contribution in [0.2, 0.25) is 0 Å². The molecular formula is C23H24FN3O. The fourth-order valence-electron chi connectivity index (χ4n) is 4.08. The maximum Gasteiger partial charge on any atom is 0.268 e. The Morgan fingerprint density at radius 1 is 1.14 bits per heavy atom. The summed E-state index contributed by atoms with van der Waals surface area (Å²) in [5.74, 6) is -0.318. The van der Waals surface area contributed by atoms with Crippen LogP contribution in [-0.4, -0.2) is 15.5 Å². The van der Waals surface area contributed by atoms with Gasteiger partial charge < -0.3 is 9.88 Å². The Morgan fingerprint density at radius 3 is 2.68 bits per heavy atom. The molecular weight excluding hydrogens is 353 g/mol. The molecule has 2 heterocycles. The van der Waals surface area contributed by atoms with Crippen LogP contribution in [-0.2, 0) is 25.9 Å². The van der Waals surface area contributed by atoms with Crippen molar-refractivity contribution in [1.29, 1.82) is 0 Å². The first-order chi connectivity index (χ1) is 13.6. The van der Waals surface area contributed by atoms with Gasteiger partial charge in [0.1, 0.15) is 11.5 Å². The molecule has 4 nitrogen and oxygen atoms in total. The topological polar surface area (TPSA) is 46.9 Å². The summed E-state index contributed by atoms with van der Waals surface area (Å²) in [5.41, 5.74) is 6.31. The molecule has 1 aromatic carbocycles. The molecule has 4 rings (SSSR count). The van der Waals surface area contributed by atoms with Crippen molar-refractivity contribution in [2.75, 3.05) is 0 Å². The van der Waals surface area contributed by atoms with Gasteiger partial charge in [0.25, 0.3) is 5.91 Å². The molecule has 0 aliphatic heterocycles. The summed E-state index contributed by atoms with van der Waals surface area (Å²) < 4.78 is 15.4. The minimum absolute atomic E-state index is 0.0714. The maximum absolute atomic E-state index is 13.3. The van der Waals surface area contributed by atoms with E-state index < -0.39 is 0 Å². The molecule has 144 valence electrons. The number of hydrogen-bond donors (Lipinski definition) is 1. The normalized spacial score (nSPS) is 13.2. The van der Waals surface area contributed by atoms with E-state index in [0.717, 1.165) is 48.1 Å². The Balaban J connectivity index is 1.65. The lowest BCUT2D eigenvalue weighted by Crippen LogP contribution is -2.27. The Hall–Kier alpha value is -2.95. The van der Waals surface area contributed by atoms with E-state index in [1.54, 1.807) is 24.5 Å². The van der Waals surface area contributed by atoms with Crippen molar-refractivity contribution in [3.63, 3.8) is 0 Å². The Labute approximate surface area is 164 Å². The van der Waals surface area contributed by atoms with Crippen molar-refractivity contribution in [3.05, 3.63) is 88.3 Å². The number of fused-ring (bicyclic) bond motifs is 1. The average Bonchev–Trinajstić information content (AvgIpc) is 3.01. The van der Waals surface area contributed by atoms with Crippen LogP contribution in [0.1, 0.15) is 51.3 Å². The van der Waals surface area contributed by atoms with Gasteiger partial charge in [-0.05, 0) is 73.1 Å². The number of nitrogens with zero attached hydrogens (tertiary/aromatic N) is 2. The molecule has 1 aliphatic rings. The summed E-state index contributed by atoms with van der Waals surface area (Å²) in [4.78, 5) is 17.2. The number of pyridine rings is 1. The largest absolute Gasteiger partial charge is 0.347 e. The molecule has 0 unspecified atom stereocenters. The maximum atomic E-state index is 13.3. The number of amides is 1. The molecule has 0 radical (unpaired) electrons. The van der Waals surface area contributed by atoms with Gasteiger partial charge in [0.15, 0.2) is 0 Å². The molecule has 28 heavy (non-hydrogen) atoms. The predicted octanol–water partition coefficient (Wildman–Crippen LogP) is 4.19. The van der Waals surface area contributed by atoms with E-state index in [1.807, 2.05) is 19.1 Å². The second-order valence-corrected chi connectivity index (χ2v) is 7.36. The monoisotopic (exact) mass is 377 g/mol.